The van der Waals surface area contributed by atoms with Gasteiger partial charge in [0.05, 0.1) is 12.2 Å². The zero-order valence-electron chi connectivity index (χ0n) is 15.6. The molecule has 1 fully saturated rings. The molecule has 2 N–H and O–H groups in total. The molecule has 8 heteroatoms. The first kappa shape index (κ1) is 20.9. The Balaban J connectivity index is 0.00000243. The minimum atomic E-state index is 0. The van der Waals surface area contributed by atoms with Crippen molar-refractivity contribution >= 4 is 47.1 Å². The zero-order valence-corrected chi connectivity index (χ0v) is 18.7. The molecule has 0 amide bonds. The van der Waals surface area contributed by atoms with Gasteiger partial charge in [-0.1, -0.05) is 0 Å². The number of rotatable bonds is 5. The molecule has 0 spiro atoms. The Kier molecular flexibility index (Phi) is 8.08. The predicted molar refractivity (Wildman–Crippen MR) is 120 cm³/mol. The molecule has 3 rings (SSSR count). The number of aromatic nitrogens is 2. The Bertz CT molecular complexity index is 720. The number of nitrogens with one attached hydrogen (secondary N) is 2. The van der Waals surface area contributed by atoms with Crippen molar-refractivity contribution < 1.29 is 0 Å². The van der Waals surface area contributed by atoms with Crippen LogP contribution in [0.3, 0.4) is 0 Å². The number of guanidine groups is 1. The van der Waals surface area contributed by atoms with Gasteiger partial charge in [0.1, 0.15) is 10.8 Å². The highest BCUT2D eigenvalue weighted by Crippen LogP contribution is 2.18. The van der Waals surface area contributed by atoms with Gasteiger partial charge in [-0.15, -0.1) is 35.3 Å². The second-order valence-corrected chi connectivity index (χ2v) is 7.53. The summed E-state index contributed by atoms with van der Waals surface area (Å²) >= 11 is 1.73. The molecule has 0 aromatic carbocycles. The van der Waals surface area contributed by atoms with Crippen molar-refractivity contribution in [3.05, 3.63) is 39.5 Å². The van der Waals surface area contributed by atoms with Crippen LogP contribution in [0.5, 0.6) is 0 Å². The molecule has 3 heterocycles. The fraction of sp³-hybridized carbons (Fsp3) is 0.500. The molecule has 1 saturated heterocycles. The van der Waals surface area contributed by atoms with Crippen LogP contribution >= 0.6 is 35.3 Å². The molecular weight excluding hydrogens is 459 g/mol. The number of anilines is 1. The lowest BCUT2D eigenvalue weighted by molar-refractivity contribution is 0.801. The van der Waals surface area contributed by atoms with Crippen LogP contribution in [0.15, 0.2) is 23.3 Å². The third kappa shape index (κ3) is 5.54. The summed E-state index contributed by atoms with van der Waals surface area (Å²) in [7, 11) is 1.79. The maximum Gasteiger partial charge on any atom is 0.191 e. The van der Waals surface area contributed by atoms with Gasteiger partial charge in [-0.25, -0.2) is 9.97 Å². The lowest BCUT2D eigenvalue weighted by Gasteiger charge is -2.17. The summed E-state index contributed by atoms with van der Waals surface area (Å²) in [5.41, 5.74) is 2.32. The number of pyridine rings is 1. The van der Waals surface area contributed by atoms with Crippen LogP contribution in [0.25, 0.3) is 0 Å². The molecule has 0 unspecified atom stereocenters. The van der Waals surface area contributed by atoms with Crippen molar-refractivity contribution in [2.24, 2.45) is 4.99 Å². The van der Waals surface area contributed by atoms with E-state index < -0.39 is 0 Å². The van der Waals surface area contributed by atoms with E-state index in [4.69, 9.17) is 0 Å². The van der Waals surface area contributed by atoms with E-state index in [1.165, 1.54) is 23.3 Å². The van der Waals surface area contributed by atoms with Crippen molar-refractivity contribution in [3.8, 4) is 0 Å². The van der Waals surface area contributed by atoms with Crippen molar-refractivity contribution in [2.75, 3.05) is 25.0 Å². The molecule has 0 aliphatic carbocycles. The van der Waals surface area contributed by atoms with E-state index in [1.807, 2.05) is 19.2 Å². The van der Waals surface area contributed by atoms with Gasteiger partial charge < -0.3 is 15.5 Å². The van der Waals surface area contributed by atoms with Gasteiger partial charge in [0, 0.05) is 37.8 Å². The number of nitrogens with zero attached hydrogens (tertiary/aromatic N) is 4. The second kappa shape index (κ2) is 10.1. The lowest BCUT2D eigenvalue weighted by atomic mass is 10.2. The molecule has 0 saturated carbocycles. The maximum absolute atomic E-state index is 4.55. The van der Waals surface area contributed by atoms with Crippen molar-refractivity contribution in [1.82, 2.24) is 20.6 Å². The normalized spacial score (nSPS) is 14.3. The van der Waals surface area contributed by atoms with Gasteiger partial charge in [0.15, 0.2) is 5.96 Å². The Morgan fingerprint density at radius 2 is 1.96 bits per heavy atom. The Labute approximate surface area is 176 Å². The van der Waals surface area contributed by atoms with Crippen LogP contribution in [-0.2, 0) is 13.1 Å². The summed E-state index contributed by atoms with van der Waals surface area (Å²) < 4.78 is 0. The highest BCUT2D eigenvalue weighted by atomic mass is 127. The van der Waals surface area contributed by atoms with Crippen LogP contribution < -0.4 is 15.5 Å². The SMILES string of the molecule is CN=C(NCc1ccnc(N2CCCC2)c1)NCc1nc(C)c(C)s1.I. The van der Waals surface area contributed by atoms with E-state index in [9.17, 15) is 0 Å². The largest absolute Gasteiger partial charge is 0.357 e. The van der Waals surface area contributed by atoms with Gasteiger partial charge in [0.25, 0.3) is 0 Å². The number of hydrogen-bond donors (Lipinski definition) is 2. The summed E-state index contributed by atoms with van der Waals surface area (Å²) in [6.45, 7) is 7.78. The zero-order chi connectivity index (χ0) is 17.6. The minimum Gasteiger partial charge on any atom is -0.357 e. The van der Waals surface area contributed by atoms with Crippen LogP contribution in [0.4, 0.5) is 5.82 Å². The molecular formula is C18H27IN6S. The first-order valence-electron chi connectivity index (χ1n) is 8.73. The summed E-state index contributed by atoms with van der Waals surface area (Å²) in [6, 6.07) is 4.21. The van der Waals surface area contributed by atoms with Crippen LogP contribution in [0.1, 0.15) is 34.0 Å². The van der Waals surface area contributed by atoms with Gasteiger partial charge in [-0.05, 0) is 44.4 Å². The Hall–Kier alpha value is -1.42. The Morgan fingerprint density at radius 1 is 1.23 bits per heavy atom. The minimum absolute atomic E-state index is 0. The van der Waals surface area contributed by atoms with Crippen molar-refractivity contribution in [3.63, 3.8) is 0 Å². The van der Waals surface area contributed by atoms with Crippen LogP contribution in [0.2, 0.25) is 0 Å². The van der Waals surface area contributed by atoms with E-state index in [0.717, 1.165) is 42.1 Å². The number of halogens is 1. The van der Waals surface area contributed by atoms with Crippen LogP contribution in [-0.4, -0.2) is 36.1 Å². The summed E-state index contributed by atoms with van der Waals surface area (Å²) in [6.07, 6.45) is 4.41. The lowest BCUT2D eigenvalue weighted by Crippen LogP contribution is -2.36. The van der Waals surface area contributed by atoms with Gasteiger partial charge in [-0.3, -0.25) is 4.99 Å². The third-order valence-corrected chi connectivity index (χ3v) is 5.48. The molecule has 142 valence electrons. The first-order valence-corrected chi connectivity index (χ1v) is 9.54. The van der Waals surface area contributed by atoms with Crippen molar-refractivity contribution in [2.45, 2.75) is 39.8 Å². The molecule has 2 aromatic heterocycles. The highest BCUT2D eigenvalue weighted by molar-refractivity contribution is 14.0. The maximum atomic E-state index is 4.55. The average Bonchev–Trinajstić information content (AvgIpc) is 3.26. The summed E-state index contributed by atoms with van der Waals surface area (Å²) in [5, 5.41) is 7.77. The number of hydrogen-bond acceptors (Lipinski definition) is 5. The smallest absolute Gasteiger partial charge is 0.191 e. The van der Waals surface area contributed by atoms with E-state index in [0.29, 0.717) is 6.54 Å². The molecule has 0 atom stereocenters. The molecule has 0 radical (unpaired) electrons. The molecule has 0 bridgehead atoms. The summed E-state index contributed by atoms with van der Waals surface area (Å²) in [4.78, 5) is 17.0. The monoisotopic (exact) mass is 486 g/mol. The molecule has 6 nitrogen and oxygen atoms in total. The average molecular weight is 486 g/mol. The molecule has 1 aliphatic heterocycles. The third-order valence-electron chi connectivity index (χ3n) is 4.40. The highest BCUT2D eigenvalue weighted by Gasteiger charge is 2.13. The van der Waals surface area contributed by atoms with Crippen molar-refractivity contribution in [1.29, 1.82) is 0 Å². The molecule has 26 heavy (non-hydrogen) atoms. The van der Waals surface area contributed by atoms with Gasteiger partial charge in [0.2, 0.25) is 0 Å². The fourth-order valence-corrected chi connectivity index (χ4v) is 3.74. The second-order valence-electron chi connectivity index (χ2n) is 6.24. The van der Waals surface area contributed by atoms with E-state index in [2.05, 4.69) is 43.5 Å². The van der Waals surface area contributed by atoms with Crippen LogP contribution in [0, 0.1) is 13.8 Å². The Morgan fingerprint density at radius 3 is 2.62 bits per heavy atom. The number of aryl methyl sites for hydroxylation is 2. The number of thiazole rings is 1. The fourth-order valence-electron chi connectivity index (χ4n) is 2.87. The summed E-state index contributed by atoms with van der Waals surface area (Å²) in [5.74, 6) is 1.86. The number of aliphatic imine (C=N–C) groups is 1. The quantitative estimate of drug-likeness (QED) is 0.386. The topological polar surface area (TPSA) is 65.4 Å². The first-order chi connectivity index (χ1) is 12.2. The van der Waals surface area contributed by atoms with E-state index >= 15 is 0 Å². The molecule has 2 aromatic rings. The predicted octanol–water partition coefficient (Wildman–Crippen LogP) is 3.24. The van der Waals surface area contributed by atoms with Gasteiger partial charge >= 0.3 is 0 Å². The van der Waals surface area contributed by atoms with E-state index in [1.54, 1.807) is 18.4 Å². The van der Waals surface area contributed by atoms with Gasteiger partial charge in [-0.2, -0.15) is 0 Å². The molecule has 1 aliphatic rings. The van der Waals surface area contributed by atoms with E-state index in [-0.39, 0.29) is 24.0 Å². The standard InChI is InChI=1S/C18H26N6S.HI/c1-13-14(2)25-17(23-13)12-22-18(19-3)21-11-15-6-7-20-16(10-15)24-8-4-5-9-24;/h6-7,10H,4-5,8-9,11-12H2,1-3H3,(H2,19,21,22);1H.